The fourth-order valence-electron chi connectivity index (χ4n) is 2.68. The Hall–Kier alpha value is -2.06. The molecule has 2 aromatic rings. The van der Waals surface area contributed by atoms with Gasteiger partial charge in [0, 0.05) is 38.9 Å². The van der Waals surface area contributed by atoms with Gasteiger partial charge in [0.2, 0.25) is 5.95 Å². The van der Waals surface area contributed by atoms with Gasteiger partial charge in [0.1, 0.15) is 18.1 Å². The quantitative estimate of drug-likeness (QED) is 0.788. The predicted octanol–water partition coefficient (Wildman–Crippen LogP) is 3.35. The van der Waals surface area contributed by atoms with Gasteiger partial charge in [-0.3, -0.25) is 4.90 Å². The van der Waals surface area contributed by atoms with Gasteiger partial charge < -0.3 is 9.64 Å². The number of halogens is 4. The van der Waals surface area contributed by atoms with Crippen LogP contribution in [0.1, 0.15) is 5.69 Å². The third-order valence-corrected chi connectivity index (χ3v) is 4.40. The highest BCUT2D eigenvalue weighted by Crippen LogP contribution is 2.28. The van der Waals surface area contributed by atoms with Crippen LogP contribution in [-0.2, 0) is 6.18 Å². The molecule has 0 saturated carbocycles. The molecular weight excluding hydrogens is 369 g/mol. The zero-order chi connectivity index (χ0) is 18.6. The largest absolute Gasteiger partial charge is 0.491 e. The van der Waals surface area contributed by atoms with E-state index in [4.69, 9.17) is 16.3 Å². The number of hydrogen-bond acceptors (Lipinski definition) is 5. The van der Waals surface area contributed by atoms with Crippen molar-refractivity contribution in [2.24, 2.45) is 0 Å². The summed E-state index contributed by atoms with van der Waals surface area (Å²) in [5.74, 6) is 0.761. The lowest BCUT2D eigenvalue weighted by molar-refractivity contribution is -0.141. The van der Waals surface area contributed by atoms with Crippen molar-refractivity contribution in [1.82, 2.24) is 14.9 Å². The summed E-state index contributed by atoms with van der Waals surface area (Å²) in [6.45, 7) is 3.73. The molecule has 1 aromatic carbocycles. The predicted molar refractivity (Wildman–Crippen MR) is 92.6 cm³/mol. The van der Waals surface area contributed by atoms with Crippen LogP contribution in [0.3, 0.4) is 0 Å². The summed E-state index contributed by atoms with van der Waals surface area (Å²) >= 11 is 6.04. The standard InChI is InChI=1S/C17H18ClF3N4O/c18-13-3-1-2-4-14(13)26-12-11-24-7-9-25(10-8-24)16-22-6-5-15(23-16)17(19,20)21/h1-6H,7-12H2. The van der Waals surface area contributed by atoms with Crippen LogP contribution in [0, 0.1) is 0 Å². The van der Waals surface area contributed by atoms with Crippen LogP contribution in [-0.4, -0.2) is 54.2 Å². The Bertz CT molecular complexity index is 736. The van der Waals surface area contributed by atoms with Crippen molar-refractivity contribution >= 4 is 17.5 Å². The highest BCUT2D eigenvalue weighted by atomic mass is 35.5. The van der Waals surface area contributed by atoms with E-state index in [0.717, 1.165) is 12.3 Å². The Morgan fingerprint density at radius 3 is 2.50 bits per heavy atom. The lowest BCUT2D eigenvalue weighted by Gasteiger charge is -2.34. The molecule has 140 valence electrons. The second kappa shape index (κ2) is 8.09. The fraction of sp³-hybridized carbons (Fsp3) is 0.412. The summed E-state index contributed by atoms with van der Waals surface area (Å²) in [4.78, 5) is 11.6. The normalized spacial score (nSPS) is 15.9. The molecule has 0 spiro atoms. The first-order valence-electron chi connectivity index (χ1n) is 8.18. The van der Waals surface area contributed by atoms with Crippen LogP contribution in [0.2, 0.25) is 5.02 Å². The van der Waals surface area contributed by atoms with Gasteiger partial charge in [-0.05, 0) is 18.2 Å². The van der Waals surface area contributed by atoms with Gasteiger partial charge in [0.05, 0.1) is 5.02 Å². The van der Waals surface area contributed by atoms with Crippen LogP contribution in [0.25, 0.3) is 0 Å². The molecule has 0 bridgehead atoms. The molecule has 2 heterocycles. The van der Waals surface area contributed by atoms with E-state index in [1.807, 2.05) is 18.2 Å². The van der Waals surface area contributed by atoms with E-state index in [9.17, 15) is 13.2 Å². The molecular formula is C17H18ClF3N4O. The van der Waals surface area contributed by atoms with Crippen molar-refractivity contribution in [3.05, 3.63) is 47.2 Å². The average molecular weight is 387 g/mol. The minimum Gasteiger partial charge on any atom is -0.491 e. The minimum absolute atomic E-state index is 0.117. The molecule has 0 N–H and O–H groups in total. The summed E-state index contributed by atoms with van der Waals surface area (Å²) in [7, 11) is 0. The zero-order valence-electron chi connectivity index (χ0n) is 13.9. The number of alkyl halides is 3. The Kier molecular flexibility index (Phi) is 5.83. The number of aromatic nitrogens is 2. The Morgan fingerprint density at radius 1 is 1.08 bits per heavy atom. The first-order valence-corrected chi connectivity index (χ1v) is 8.56. The highest BCUT2D eigenvalue weighted by Gasteiger charge is 2.33. The number of anilines is 1. The maximum Gasteiger partial charge on any atom is 0.433 e. The van der Waals surface area contributed by atoms with Crippen LogP contribution >= 0.6 is 11.6 Å². The van der Waals surface area contributed by atoms with Crippen LogP contribution in [0.5, 0.6) is 5.75 Å². The first kappa shape index (κ1) is 18.7. The van der Waals surface area contributed by atoms with Gasteiger partial charge in [-0.15, -0.1) is 0 Å². The van der Waals surface area contributed by atoms with Crippen LogP contribution in [0.15, 0.2) is 36.5 Å². The summed E-state index contributed by atoms with van der Waals surface area (Å²) < 4.78 is 44.0. The number of nitrogens with zero attached hydrogens (tertiary/aromatic N) is 4. The molecule has 0 amide bonds. The smallest absolute Gasteiger partial charge is 0.433 e. The molecule has 9 heteroatoms. The number of piperazine rings is 1. The highest BCUT2D eigenvalue weighted by molar-refractivity contribution is 6.32. The van der Waals surface area contributed by atoms with E-state index in [0.29, 0.717) is 50.1 Å². The van der Waals surface area contributed by atoms with Gasteiger partial charge in [0.25, 0.3) is 0 Å². The van der Waals surface area contributed by atoms with Crippen molar-refractivity contribution in [2.75, 3.05) is 44.2 Å². The number of benzene rings is 1. The zero-order valence-corrected chi connectivity index (χ0v) is 14.7. The molecule has 0 radical (unpaired) electrons. The van der Waals surface area contributed by atoms with Gasteiger partial charge in [-0.1, -0.05) is 23.7 Å². The molecule has 1 aromatic heterocycles. The van der Waals surface area contributed by atoms with Gasteiger partial charge in [0.15, 0.2) is 0 Å². The summed E-state index contributed by atoms with van der Waals surface area (Å²) in [6, 6.07) is 8.15. The van der Waals surface area contributed by atoms with E-state index < -0.39 is 11.9 Å². The topological polar surface area (TPSA) is 41.5 Å². The fourth-order valence-corrected chi connectivity index (χ4v) is 2.87. The monoisotopic (exact) mass is 386 g/mol. The second-order valence-corrected chi connectivity index (χ2v) is 6.25. The number of para-hydroxylation sites is 1. The van der Waals surface area contributed by atoms with Crippen molar-refractivity contribution in [2.45, 2.75) is 6.18 Å². The van der Waals surface area contributed by atoms with Crippen LogP contribution < -0.4 is 9.64 Å². The molecule has 3 rings (SSSR count). The van der Waals surface area contributed by atoms with Crippen molar-refractivity contribution in [3.8, 4) is 5.75 Å². The van der Waals surface area contributed by atoms with Gasteiger partial charge >= 0.3 is 6.18 Å². The van der Waals surface area contributed by atoms with Gasteiger partial charge in [-0.2, -0.15) is 13.2 Å². The lowest BCUT2D eigenvalue weighted by atomic mass is 10.3. The Labute approximate surface area is 154 Å². The van der Waals surface area contributed by atoms with Crippen molar-refractivity contribution < 1.29 is 17.9 Å². The molecule has 0 atom stereocenters. The third kappa shape index (κ3) is 4.76. The molecule has 1 aliphatic heterocycles. The number of rotatable bonds is 5. The third-order valence-electron chi connectivity index (χ3n) is 4.09. The van der Waals surface area contributed by atoms with E-state index >= 15 is 0 Å². The molecule has 5 nitrogen and oxygen atoms in total. The van der Waals surface area contributed by atoms with Crippen molar-refractivity contribution in [3.63, 3.8) is 0 Å². The summed E-state index contributed by atoms with van der Waals surface area (Å²) in [5.41, 5.74) is -0.918. The molecule has 0 unspecified atom stereocenters. The average Bonchev–Trinajstić information content (AvgIpc) is 2.63. The maximum atomic E-state index is 12.8. The molecule has 26 heavy (non-hydrogen) atoms. The van der Waals surface area contributed by atoms with E-state index in [1.165, 1.54) is 0 Å². The van der Waals surface area contributed by atoms with E-state index in [-0.39, 0.29) is 5.95 Å². The Balaban J connectivity index is 1.48. The minimum atomic E-state index is -4.46. The maximum absolute atomic E-state index is 12.8. The van der Waals surface area contributed by atoms with E-state index in [1.54, 1.807) is 11.0 Å². The summed E-state index contributed by atoms with van der Waals surface area (Å²) in [6.07, 6.45) is -3.31. The molecule has 1 saturated heterocycles. The van der Waals surface area contributed by atoms with Crippen LogP contribution in [0.4, 0.5) is 19.1 Å². The lowest BCUT2D eigenvalue weighted by Crippen LogP contribution is -2.48. The number of hydrogen-bond donors (Lipinski definition) is 0. The summed E-state index contributed by atoms with van der Waals surface area (Å²) in [5, 5.41) is 0.569. The van der Waals surface area contributed by atoms with E-state index in [2.05, 4.69) is 14.9 Å². The first-order chi connectivity index (χ1) is 12.4. The SMILES string of the molecule is FC(F)(F)c1ccnc(N2CCN(CCOc3ccccc3Cl)CC2)n1. The number of ether oxygens (including phenoxy) is 1. The molecule has 1 aliphatic rings. The Morgan fingerprint density at radius 2 is 1.81 bits per heavy atom. The van der Waals surface area contributed by atoms with Gasteiger partial charge in [-0.25, -0.2) is 9.97 Å². The van der Waals surface area contributed by atoms with Crippen molar-refractivity contribution in [1.29, 1.82) is 0 Å². The second-order valence-electron chi connectivity index (χ2n) is 5.85. The molecule has 1 fully saturated rings. The molecule has 0 aliphatic carbocycles.